The maximum Gasteiger partial charge on any atom is 0.356 e. The number of nitrogens with zero attached hydrogens (tertiary/aromatic N) is 2. The summed E-state index contributed by atoms with van der Waals surface area (Å²) in [6.07, 6.45) is 0. The third-order valence-electron chi connectivity index (χ3n) is 3.25. The Hall–Kier alpha value is -2.53. The van der Waals surface area contributed by atoms with Crippen molar-refractivity contribution >= 4 is 29.0 Å². The monoisotopic (exact) mass is 296 g/mol. The smallest absolute Gasteiger partial charge is 0.356 e. The van der Waals surface area contributed by atoms with Crippen LogP contribution in [0.3, 0.4) is 0 Å². The van der Waals surface area contributed by atoms with Gasteiger partial charge in [0.2, 0.25) is 0 Å². The molecular formula is C16H12N2O2S. The zero-order valence-electron chi connectivity index (χ0n) is 11.1. The maximum atomic E-state index is 11.4. The van der Waals surface area contributed by atoms with E-state index in [1.165, 1.54) is 0 Å². The van der Waals surface area contributed by atoms with Crippen LogP contribution in [0.4, 0.5) is 0 Å². The lowest BCUT2D eigenvalue weighted by atomic mass is 10.1. The van der Waals surface area contributed by atoms with Crippen LogP contribution in [0.1, 0.15) is 16.1 Å². The van der Waals surface area contributed by atoms with E-state index in [0.717, 1.165) is 10.9 Å². The summed E-state index contributed by atoms with van der Waals surface area (Å²) in [5, 5.41) is 14.9. The Bertz CT molecular complexity index is 872. The molecule has 1 aromatic heterocycles. The van der Waals surface area contributed by atoms with Crippen LogP contribution in [0.15, 0.2) is 54.6 Å². The van der Waals surface area contributed by atoms with E-state index >= 15 is 0 Å². The van der Waals surface area contributed by atoms with Gasteiger partial charge in [-0.2, -0.15) is 5.10 Å². The first-order chi connectivity index (χ1) is 10.2. The predicted octanol–water partition coefficient (Wildman–Crippen LogP) is 3.51. The van der Waals surface area contributed by atoms with E-state index < -0.39 is 5.97 Å². The first-order valence-corrected chi connectivity index (χ1v) is 6.85. The van der Waals surface area contributed by atoms with Crippen molar-refractivity contribution in [3.63, 3.8) is 0 Å². The Balaban J connectivity index is 2.22. The summed E-state index contributed by atoms with van der Waals surface area (Å²) in [5.74, 6) is -1.05. The lowest BCUT2D eigenvalue weighted by Gasteiger charge is -2.10. The van der Waals surface area contributed by atoms with Crippen LogP contribution >= 0.6 is 12.2 Å². The number of fused-ring (bicyclic) bond motifs is 1. The summed E-state index contributed by atoms with van der Waals surface area (Å²) >= 11 is 5.45. The number of carbonyl (C=O) groups is 1. The first kappa shape index (κ1) is 13.5. The molecule has 5 heteroatoms. The molecule has 0 atom stereocenters. The van der Waals surface area contributed by atoms with Gasteiger partial charge < -0.3 is 5.11 Å². The molecule has 0 aliphatic heterocycles. The van der Waals surface area contributed by atoms with Crippen molar-refractivity contribution in [2.45, 2.75) is 6.54 Å². The Morgan fingerprint density at radius 3 is 2.33 bits per heavy atom. The topological polar surface area (TPSA) is 55.1 Å². The molecule has 0 bridgehead atoms. The Morgan fingerprint density at radius 1 is 1.05 bits per heavy atom. The quantitative estimate of drug-likeness (QED) is 0.751. The van der Waals surface area contributed by atoms with Gasteiger partial charge in [0, 0.05) is 10.8 Å². The number of hydrogen-bond donors (Lipinski definition) is 1. The van der Waals surface area contributed by atoms with Crippen LogP contribution in [0.25, 0.3) is 10.8 Å². The molecule has 3 rings (SSSR count). The van der Waals surface area contributed by atoms with Crippen LogP contribution in [0.5, 0.6) is 0 Å². The average molecular weight is 296 g/mol. The van der Waals surface area contributed by atoms with Gasteiger partial charge in [-0.15, -0.1) is 0 Å². The standard InChI is InChI=1S/C16H12N2O2S/c19-16(20)14-12-8-4-5-9-13(12)15(21)18(17-14)10-11-6-2-1-3-7-11/h1-9H,10H2,(H,19,20). The van der Waals surface area contributed by atoms with Gasteiger partial charge >= 0.3 is 5.97 Å². The van der Waals surface area contributed by atoms with E-state index in [4.69, 9.17) is 12.2 Å². The second kappa shape index (κ2) is 5.46. The van der Waals surface area contributed by atoms with E-state index in [9.17, 15) is 9.90 Å². The molecule has 0 radical (unpaired) electrons. The van der Waals surface area contributed by atoms with Crippen LogP contribution < -0.4 is 0 Å². The summed E-state index contributed by atoms with van der Waals surface area (Å²) in [5.41, 5.74) is 1.04. The molecule has 0 amide bonds. The van der Waals surface area contributed by atoms with Crippen molar-refractivity contribution in [1.82, 2.24) is 9.78 Å². The molecule has 1 heterocycles. The number of rotatable bonds is 3. The summed E-state index contributed by atoms with van der Waals surface area (Å²) < 4.78 is 2.11. The number of carboxylic acids is 1. The highest BCUT2D eigenvalue weighted by molar-refractivity contribution is 7.71. The molecule has 0 aliphatic carbocycles. The molecular weight excluding hydrogens is 284 g/mol. The third-order valence-corrected chi connectivity index (χ3v) is 3.68. The van der Waals surface area contributed by atoms with Gasteiger partial charge in [0.1, 0.15) is 4.64 Å². The van der Waals surface area contributed by atoms with Crippen LogP contribution in [0, 0.1) is 4.64 Å². The van der Waals surface area contributed by atoms with Crippen molar-refractivity contribution in [3.8, 4) is 0 Å². The first-order valence-electron chi connectivity index (χ1n) is 6.44. The fourth-order valence-electron chi connectivity index (χ4n) is 2.26. The SMILES string of the molecule is O=C(O)c1nn(Cc2ccccc2)c(=S)c2ccccc12. The molecule has 4 nitrogen and oxygen atoms in total. The van der Waals surface area contributed by atoms with Gasteiger partial charge in [-0.3, -0.25) is 0 Å². The zero-order chi connectivity index (χ0) is 14.8. The summed E-state index contributed by atoms with van der Waals surface area (Å²) in [4.78, 5) is 11.4. The summed E-state index contributed by atoms with van der Waals surface area (Å²) in [6.45, 7) is 0.449. The fraction of sp³-hybridized carbons (Fsp3) is 0.0625. The van der Waals surface area contributed by atoms with Crippen molar-refractivity contribution in [1.29, 1.82) is 0 Å². The molecule has 2 aromatic carbocycles. The van der Waals surface area contributed by atoms with Crippen molar-refractivity contribution in [2.75, 3.05) is 0 Å². The average Bonchev–Trinajstić information content (AvgIpc) is 2.51. The molecule has 3 aromatic rings. The van der Waals surface area contributed by atoms with Crippen LogP contribution in [-0.4, -0.2) is 20.9 Å². The summed E-state index contributed by atoms with van der Waals surface area (Å²) in [7, 11) is 0. The fourth-order valence-corrected chi connectivity index (χ4v) is 2.54. The maximum absolute atomic E-state index is 11.4. The highest BCUT2D eigenvalue weighted by Gasteiger charge is 2.13. The Labute approximate surface area is 126 Å². The van der Waals surface area contributed by atoms with Crippen molar-refractivity contribution < 1.29 is 9.90 Å². The molecule has 0 saturated carbocycles. The number of carboxylic acid groups (broad SMARTS) is 1. The second-order valence-electron chi connectivity index (χ2n) is 4.65. The van der Waals surface area contributed by atoms with Gasteiger partial charge in [0.15, 0.2) is 5.69 Å². The second-order valence-corrected chi connectivity index (χ2v) is 5.03. The lowest BCUT2D eigenvalue weighted by molar-refractivity contribution is 0.0690. The number of aromatic carboxylic acids is 1. The molecule has 0 fully saturated rings. The van der Waals surface area contributed by atoms with Gasteiger partial charge in [-0.05, 0) is 5.56 Å². The largest absolute Gasteiger partial charge is 0.476 e. The molecule has 104 valence electrons. The molecule has 0 aliphatic rings. The minimum absolute atomic E-state index is 0.0233. The number of hydrogen-bond acceptors (Lipinski definition) is 3. The highest BCUT2D eigenvalue weighted by atomic mass is 32.1. The van der Waals surface area contributed by atoms with Crippen LogP contribution in [0.2, 0.25) is 0 Å². The van der Waals surface area contributed by atoms with E-state index in [1.54, 1.807) is 16.8 Å². The number of aromatic nitrogens is 2. The third kappa shape index (κ3) is 2.55. The molecule has 0 saturated heterocycles. The van der Waals surface area contributed by atoms with Gasteiger partial charge in [-0.1, -0.05) is 66.8 Å². The number of benzene rings is 2. The lowest BCUT2D eigenvalue weighted by Crippen LogP contribution is -2.13. The molecule has 21 heavy (non-hydrogen) atoms. The van der Waals surface area contributed by atoms with Gasteiger partial charge in [-0.25, -0.2) is 9.48 Å². The highest BCUT2D eigenvalue weighted by Crippen LogP contribution is 2.19. The Morgan fingerprint density at radius 2 is 1.67 bits per heavy atom. The minimum atomic E-state index is -1.05. The van der Waals surface area contributed by atoms with Gasteiger partial charge in [0.05, 0.1) is 6.54 Å². The predicted molar refractivity (Wildman–Crippen MR) is 83.1 cm³/mol. The molecule has 1 N–H and O–H groups in total. The van der Waals surface area contributed by atoms with E-state index in [1.807, 2.05) is 42.5 Å². The van der Waals surface area contributed by atoms with Gasteiger partial charge in [0.25, 0.3) is 0 Å². The zero-order valence-corrected chi connectivity index (χ0v) is 11.9. The van der Waals surface area contributed by atoms with E-state index in [2.05, 4.69) is 5.10 Å². The molecule has 0 unspecified atom stereocenters. The van der Waals surface area contributed by atoms with Crippen LogP contribution in [-0.2, 0) is 6.54 Å². The van der Waals surface area contributed by atoms with Crippen molar-refractivity contribution in [3.05, 3.63) is 70.5 Å². The summed E-state index contributed by atoms with van der Waals surface area (Å²) in [6, 6.07) is 16.9. The normalized spacial score (nSPS) is 10.7. The van der Waals surface area contributed by atoms with E-state index in [0.29, 0.717) is 16.6 Å². The Kier molecular flexibility index (Phi) is 3.50. The van der Waals surface area contributed by atoms with Crippen molar-refractivity contribution in [2.24, 2.45) is 0 Å². The minimum Gasteiger partial charge on any atom is -0.476 e. The van der Waals surface area contributed by atoms with E-state index in [-0.39, 0.29) is 5.69 Å². The molecule has 0 spiro atoms.